The number of nitrogens with one attached hydrogen (secondary N) is 2. The van der Waals surface area contributed by atoms with Crippen LogP contribution in [0.5, 0.6) is 0 Å². The van der Waals surface area contributed by atoms with E-state index in [1.54, 1.807) is 17.0 Å². The first-order valence-corrected chi connectivity index (χ1v) is 9.09. The van der Waals surface area contributed by atoms with Gasteiger partial charge in [-0.3, -0.25) is 9.59 Å². The van der Waals surface area contributed by atoms with Crippen LogP contribution in [-0.4, -0.2) is 32.5 Å². The first-order chi connectivity index (χ1) is 12.5. The van der Waals surface area contributed by atoms with E-state index in [2.05, 4.69) is 31.5 Å². The van der Waals surface area contributed by atoms with Gasteiger partial charge in [-0.2, -0.15) is 0 Å². The maximum atomic E-state index is 12.6. The molecule has 0 saturated carbocycles. The smallest absolute Gasteiger partial charge is 0.251 e. The van der Waals surface area contributed by atoms with E-state index in [1.165, 1.54) is 10.5 Å². The van der Waals surface area contributed by atoms with E-state index in [9.17, 15) is 9.59 Å². The fourth-order valence-electron chi connectivity index (χ4n) is 3.30. The minimum Gasteiger partial charge on any atom is -0.348 e. The molecule has 3 rings (SSSR count). The van der Waals surface area contributed by atoms with E-state index in [0.717, 1.165) is 30.8 Å². The number of hydrogen-bond donors (Lipinski definition) is 2. The zero-order valence-corrected chi connectivity index (χ0v) is 15.4. The lowest BCUT2D eigenvalue weighted by Crippen LogP contribution is -3.04. The van der Waals surface area contributed by atoms with Gasteiger partial charge >= 0.3 is 0 Å². The van der Waals surface area contributed by atoms with Crippen molar-refractivity contribution in [3.63, 3.8) is 0 Å². The van der Waals surface area contributed by atoms with Gasteiger partial charge in [-0.1, -0.05) is 30.3 Å². The van der Waals surface area contributed by atoms with Crippen molar-refractivity contribution < 1.29 is 14.5 Å². The fourth-order valence-corrected chi connectivity index (χ4v) is 3.30. The minimum absolute atomic E-state index is 0.120. The molecule has 1 fully saturated rings. The second kappa shape index (κ2) is 8.15. The van der Waals surface area contributed by atoms with Crippen molar-refractivity contribution in [2.24, 2.45) is 0 Å². The van der Waals surface area contributed by atoms with Gasteiger partial charge in [-0.15, -0.1) is 0 Å². The lowest BCUT2D eigenvalue weighted by Gasteiger charge is -2.17. The Labute approximate surface area is 154 Å². The number of carbonyl (C=O) groups is 2. The van der Waals surface area contributed by atoms with Crippen LogP contribution in [-0.2, 0) is 17.9 Å². The van der Waals surface area contributed by atoms with Crippen LogP contribution >= 0.6 is 0 Å². The Morgan fingerprint density at radius 1 is 1.12 bits per heavy atom. The molecule has 2 aromatic rings. The first-order valence-electron chi connectivity index (χ1n) is 9.09. The van der Waals surface area contributed by atoms with Gasteiger partial charge in [0.1, 0.15) is 6.54 Å². The molecule has 1 heterocycles. The van der Waals surface area contributed by atoms with Crippen molar-refractivity contribution in [2.75, 3.05) is 25.5 Å². The Morgan fingerprint density at radius 3 is 2.58 bits per heavy atom. The largest absolute Gasteiger partial charge is 0.348 e. The SMILES string of the molecule is C[NH+](C)Cc1ccccc1CNC(=O)c1cccc(N2CCCC2=O)c1. The Morgan fingerprint density at radius 2 is 1.88 bits per heavy atom. The van der Waals surface area contributed by atoms with Gasteiger partial charge in [0.15, 0.2) is 0 Å². The first kappa shape index (κ1) is 18.1. The standard InChI is InChI=1S/C21H25N3O2/c1-23(2)15-18-8-4-3-7-17(18)14-22-21(26)16-9-5-10-19(13-16)24-12-6-11-20(24)25/h3-5,7-10,13H,6,11-12,14-15H2,1-2H3,(H,22,26)/p+1. The Hall–Kier alpha value is -2.66. The fraction of sp³-hybridized carbons (Fsp3) is 0.333. The number of benzene rings is 2. The Bertz CT molecular complexity index is 801. The zero-order valence-electron chi connectivity index (χ0n) is 15.4. The molecule has 2 amide bonds. The molecule has 1 aliphatic rings. The average molecular weight is 352 g/mol. The molecular weight excluding hydrogens is 326 g/mol. The third kappa shape index (κ3) is 4.29. The van der Waals surface area contributed by atoms with E-state index in [1.807, 2.05) is 24.3 Å². The van der Waals surface area contributed by atoms with Crippen LogP contribution in [0, 0.1) is 0 Å². The molecule has 2 aromatic carbocycles. The summed E-state index contributed by atoms with van der Waals surface area (Å²) in [6, 6.07) is 15.5. The number of nitrogens with zero attached hydrogens (tertiary/aromatic N) is 1. The molecule has 0 radical (unpaired) electrons. The van der Waals surface area contributed by atoms with E-state index < -0.39 is 0 Å². The third-order valence-electron chi connectivity index (χ3n) is 4.60. The molecule has 0 aliphatic carbocycles. The summed E-state index contributed by atoms with van der Waals surface area (Å²) in [7, 11) is 4.22. The van der Waals surface area contributed by atoms with Gasteiger partial charge in [0.25, 0.3) is 5.91 Å². The summed E-state index contributed by atoms with van der Waals surface area (Å²) in [6.07, 6.45) is 1.46. The lowest BCUT2D eigenvalue weighted by molar-refractivity contribution is -0.872. The summed E-state index contributed by atoms with van der Waals surface area (Å²) in [6.45, 7) is 2.14. The number of quaternary nitrogens is 1. The van der Waals surface area contributed by atoms with Crippen LogP contribution in [0.3, 0.4) is 0 Å². The molecule has 1 aliphatic heterocycles. The summed E-state index contributed by atoms with van der Waals surface area (Å²) in [4.78, 5) is 27.6. The number of anilines is 1. The Kier molecular flexibility index (Phi) is 5.68. The summed E-state index contributed by atoms with van der Waals surface area (Å²) < 4.78 is 0. The van der Waals surface area contributed by atoms with Gasteiger partial charge in [-0.25, -0.2) is 0 Å². The van der Waals surface area contributed by atoms with Crippen molar-refractivity contribution in [2.45, 2.75) is 25.9 Å². The van der Waals surface area contributed by atoms with Crippen LogP contribution in [0.4, 0.5) is 5.69 Å². The summed E-state index contributed by atoms with van der Waals surface area (Å²) in [5.74, 6) is 0.00756. The van der Waals surface area contributed by atoms with E-state index in [4.69, 9.17) is 0 Å². The Balaban J connectivity index is 1.68. The van der Waals surface area contributed by atoms with E-state index in [0.29, 0.717) is 18.5 Å². The van der Waals surface area contributed by atoms with Crippen molar-refractivity contribution in [1.82, 2.24) is 5.32 Å². The van der Waals surface area contributed by atoms with Crippen LogP contribution < -0.4 is 15.1 Å². The van der Waals surface area contributed by atoms with Crippen molar-refractivity contribution in [3.8, 4) is 0 Å². The predicted octanol–water partition coefficient (Wildman–Crippen LogP) is 1.39. The number of amides is 2. The normalized spacial score (nSPS) is 14.1. The molecule has 0 spiro atoms. The molecule has 26 heavy (non-hydrogen) atoms. The minimum atomic E-state index is -0.120. The summed E-state index contributed by atoms with van der Waals surface area (Å²) >= 11 is 0. The van der Waals surface area contributed by atoms with E-state index in [-0.39, 0.29) is 11.8 Å². The van der Waals surface area contributed by atoms with Gasteiger partial charge in [0, 0.05) is 36.3 Å². The van der Waals surface area contributed by atoms with Crippen molar-refractivity contribution in [3.05, 3.63) is 65.2 Å². The molecule has 1 saturated heterocycles. The highest BCUT2D eigenvalue weighted by Crippen LogP contribution is 2.22. The molecule has 0 aromatic heterocycles. The van der Waals surface area contributed by atoms with Crippen LogP contribution in [0.15, 0.2) is 48.5 Å². The second-order valence-electron chi connectivity index (χ2n) is 7.03. The highest BCUT2D eigenvalue weighted by atomic mass is 16.2. The molecule has 2 N–H and O–H groups in total. The molecule has 0 bridgehead atoms. The molecule has 5 heteroatoms. The van der Waals surface area contributed by atoms with Crippen LogP contribution in [0.2, 0.25) is 0 Å². The third-order valence-corrected chi connectivity index (χ3v) is 4.60. The molecule has 136 valence electrons. The number of carbonyl (C=O) groups excluding carboxylic acids is 2. The zero-order chi connectivity index (χ0) is 18.5. The van der Waals surface area contributed by atoms with Crippen molar-refractivity contribution in [1.29, 1.82) is 0 Å². The molecule has 5 nitrogen and oxygen atoms in total. The van der Waals surface area contributed by atoms with Gasteiger partial charge in [0.05, 0.1) is 14.1 Å². The average Bonchev–Trinajstić information content (AvgIpc) is 3.06. The summed E-state index contributed by atoms with van der Waals surface area (Å²) in [5, 5.41) is 3.01. The molecular formula is C21H26N3O2+. The van der Waals surface area contributed by atoms with Crippen molar-refractivity contribution >= 4 is 17.5 Å². The van der Waals surface area contributed by atoms with Gasteiger partial charge < -0.3 is 15.1 Å². The van der Waals surface area contributed by atoms with Gasteiger partial charge in [-0.05, 0) is 30.2 Å². The summed E-state index contributed by atoms with van der Waals surface area (Å²) in [5.41, 5.74) is 3.76. The maximum Gasteiger partial charge on any atom is 0.251 e. The lowest BCUT2D eigenvalue weighted by atomic mass is 10.1. The topological polar surface area (TPSA) is 53.9 Å². The van der Waals surface area contributed by atoms with E-state index >= 15 is 0 Å². The number of hydrogen-bond acceptors (Lipinski definition) is 2. The molecule has 0 unspecified atom stereocenters. The highest BCUT2D eigenvalue weighted by molar-refractivity contribution is 5.99. The van der Waals surface area contributed by atoms with Gasteiger partial charge in [0.2, 0.25) is 5.91 Å². The second-order valence-corrected chi connectivity index (χ2v) is 7.03. The maximum absolute atomic E-state index is 12.6. The number of rotatable bonds is 6. The predicted molar refractivity (Wildman–Crippen MR) is 102 cm³/mol. The monoisotopic (exact) mass is 352 g/mol. The molecule has 0 atom stereocenters. The van der Waals surface area contributed by atoms with Crippen LogP contribution in [0.25, 0.3) is 0 Å². The van der Waals surface area contributed by atoms with Crippen LogP contribution in [0.1, 0.15) is 34.3 Å². The highest BCUT2D eigenvalue weighted by Gasteiger charge is 2.22. The quantitative estimate of drug-likeness (QED) is 0.825.